The van der Waals surface area contributed by atoms with Gasteiger partial charge in [0.15, 0.2) is 0 Å². The van der Waals surface area contributed by atoms with E-state index in [1.54, 1.807) is 0 Å². The third-order valence-corrected chi connectivity index (χ3v) is 5.93. The van der Waals surface area contributed by atoms with Gasteiger partial charge in [0, 0.05) is 12.5 Å². The van der Waals surface area contributed by atoms with Crippen molar-refractivity contribution in [3.63, 3.8) is 0 Å². The van der Waals surface area contributed by atoms with Crippen LogP contribution in [0, 0.1) is 29.1 Å². The van der Waals surface area contributed by atoms with E-state index >= 15 is 0 Å². The maximum atomic E-state index is 5.27. The van der Waals surface area contributed by atoms with E-state index in [9.17, 15) is 0 Å². The third-order valence-electron chi connectivity index (χ3n) is 5.93. The minimum absolute atomic E-state index is 0.518. The molecular formula is C16H27N. The highest BCUT2D eigenvalue weighted by Gasteiger charge is 2.60. The van der Waals surface area contributed by atoms with Gasteiger partial charge in [-0.25, -0.2) is 0 Å². The maximum Gasteiger partial charge on any atom is 0.0129 e. The second-order valence-corrected chi connectivity index (χ2v) is 6.78. The number of fused-ring (bicyclic) bond motifs is 2. The SMILES string of the molecule is C#CCCCCNC1CC2CCC1(C)C2(C)C. The van der Waals surface area contributed by atoms with E-state index < -0.39 is 0 Å². The van der Waals surface area contributed by atoms with Gasteiger partial charge in [0.1, 0.15) is 0 Å². The molecule has 2 bridgehead atoms. The van der Waals surface area contributed by atoms with Crippen LogP contribution in [0.1, 0.15) is 59.3 Å². The lowest BCUT2D eigenvalue weighted by atomic mass is 9.69. The molecule has 0 heterocycles. The topological polar surface area (TPSA) is 12.0 Å². The van der Waals surface area contributed by atoms with E-state index in [1.165, 1.54) is 32.1 Å². The average molecular weight is 233 g/mol. The van der Waals surface area contributed by atoms with Crippen molar-refractivity contribution in [1.82, 2.24) is 5.32 Å². The largest absolute Gasteiger partial charge is 0.313 e. The van der Waals surface area contributed by atoms with Gasteiger partial charge in [0.05, 0.1) is 0 Å². The standard InChI is InChI=1S/C16H27N/c1-5-6-7-8-11-17-14-12-13-9-10-16(14,4)15(13,2)3/h1,13-14,17H,6-12H2,2-4H3. The van der Waals surface area contributed by atoms with Crippen LogP contribution >= 0.6 is 0 Å². The predicted molar refractivity (Wildman–Crippen MR) is 73.7 cm³/mol. The molecule has 3 unspecified atom stereocenters. The van der Waals surface area contributed by atoms with E-state index in [4.69, 9.17) is 6.42 Å². The first-order chi connectivity index (χ1) is 8.02. The van der Waals surface area contributed by atoms with Gasteiger partial charge in [-0.15, -0.1) is 12.3 Å². The molecule has 0 aromatic carbocycles. The first-order valence-corrected chi connectivity index (χ1v) is 7.19. The molecular weight excluding hydrogens is 206 g/mol. The van der Waals surface area contributed by atoms with Gasteiger partial charge in [-0.3, -0.25) is 0 Å². The van der Waals surface area contributed by atoms with Gasteiger partial charge < -0.3 is 5.32 Å². The summed E-state index contributed by atoms with van der Waals surface area (Å²) in [5, 5.41) is 3.80. The molecule has 0 aromatic rings. The van der Waals surface area contributed by atoms with Crippen molar-refractivity contribution in [2.24, 2.45) is 16.7 Å². The van der Waals surface area contributed by atoms with Crippen molar-refractivity contribution < 1.29 is 0 Å². The Morgan fingerprint density at radius 1 is 1.29 bits per heavy atom. The van der Waals surface area contributed by atoms with Gasteiger partial charge >= 0.3 is 0 Å². The van der Waals surface area contributed by atoms with Crippen LogP contribution < -0.4 is 5.32 Å². The van der Waals surface area contributed by atoms with Crippen LogP contribution in [0.2, 0.25) is 0 Å². The molecule has 2 aliphatic carbocycles. The first kappa shape index (κ1) is 13.0. The Morgan fingerprint density at radius 2 is 2.06 bits per heavy atom. The molecule has 1 N–H and O–H groups in total. The van der Waals surface area contributed by atoms with Crippen molar-refractivity contribution in [3.8, 4) is 12.3 Å². The average Bonchev–Trinajstić information content (AvgIpc) is 2.61. The number of hydrogen-bond acceptors (Lipinski definition) is 1. The molecule has 0 spiro atoms. The van der Waals surface area contributed by atoms with Gasteiger partial charge in [0.2, 0.25) is 0 Å². The third kappa shape index (κ3) is 2.02. The van der Waals surface area contributed by atoms with Crippen molar-refractivity contribution >= 4 is 0 Å². The van der Waals surface area contributed by atoms with Crippen LogP contribution in [0.25, 0.3) is 0 Å². The Hall–Kier alpha value is -0.480. The Morgan fingerprint density at radius 3 is 2.59 bits per heavy atom. The second-order valence-electron chi connectivity index (χ2n) is 6.78. The lowest BCUT2D eigenvalue weighted by Gasteiger charge is -2.39. The van der Waals surface area contributed by atoms with Crippen LogP contribution in [-0.4, -0.2) is 12.6 Å². The van der Waals surface area contributed by atoms with Crippen LogP contribution in [-0.2, 0) is 0 Å². The van der Waals surface area contributed by atoms with Crippen LogP contribution in [0.3, 0.4) is 0 Å². The quantitative estimate of drug-likeness (QED) is 0.565. The Balaban J connectivity index is 1.82. The summed E-state index contributed by atoms with van der Waals surface area (Å²) in [4.78, 5) is 0. The lowest BCUT2D eigenvalue weighted by molar-refractivity contribution is 0.121. The molecule has 2 saturated carbocycles. The lowest BCUT2D eigenvalue weighted by Crippen LogP contribution is -2.44. The number of unbranched alkanes of at least 4 members (excludes halogenated alkanes) is 2. The fourth-order valence-electron chi connectivity index (χ4n) is 4.14. The van der Waals surface area contributed by atoms with E-state index in [0.29, 0.717) is 10.8 Å². The molecule has 0 aromatic heterocycles. The molecule has 1 heteroatoms. The molecule has 17 heavy (non-hydrogen) atoms. The second kappa shape index (κ2) is 4.65. The summed E-state index contributed by atoms with van der Waals surface area (Å²) in [6, 6.07) is 0.738. The molecule has 96 valence electrons. The van der Waals surface area contributed by atoms with Gasteiger partial charge in [-0.05, 0) is 55.4 Å². The minimum Gasteiger partial charge on any atom is -0.313 e. The van der Waals surface area contributed by atoms with Crippen molar-refractivity contribution in [2.75, 3.05) is 6.54 Å². The number of nitrogens with one attached hydrogen (secondary N) is 1. The summed E-state index contributed by atoms with van der Waals surface area (Å²) in [5.41, 5.74) is 1.05. The van der Waals surface area contributed by atoms with Crippen molar-refractivity contribution in [2.45, 2.75) is 65.3 Å². The Labute approximate surface area is 107 Å². The van der Waals surface area contributed by atoms with Crippen LogP contribution in [0.4, 0.5) is 0 Å². The molecule has 2 rings (SSSR count). The number of hydrogen-bond donors (Lipinski definition) is 1. The minimum atomic E-state index is 0.518. The summed E-state index contributed by atoms with van der Waals surface area (Å²) < 4.78 is 0. The zero-order chi connectivity index (χ0) is 12.5. The zero-order valence-corrected chi connectivity index (χ0v) is 11.7. The van der Waals surface area contributed by atoms with E-state index in [0.717, 1.165) is 24.9 Å². The van der Waals surface area contributed by atoms with Crippen molar-refractivity contribution in [1.29, 1.82) is 0 Å². The highest BCUT2D eigenvalue weighted by Crippen LogP contribution is 2.65. The molecule has 0 aliphatic heterocycles. The molecule has 1 nitrogen and oxygen atoms in total. The summed E-state index contributed by atoms with van der Waals surface area (Å²) in [6.07, 6.45) is 12.8. The molecule has 2 fully saturated rings. The van der Waals surface area contributed by atoms with E-state index in [1.807, 2.05) is 0 Å². The summed E-state index contributed by atoms with van der Waals surface area (Å²) >= 11 is 0. The molecule has 3 atom stereocenters. The molecule has 2 aliphatic rings. The smallest absolute Gasteiger partial charge is 0.0129 e. The fourth-order valence-corrected chi connectivity index (χ4v) is 4.14. The predicted octanol–water partition coefficient (Wildman–Crippen LogP) is 3.59. The van der Waals surface area contributed by atoms with Crippen molar-refractivity contribution in [3.05, 3.63) is 0 Å². The van der Waals surface area contributed by atoms with Gasteiger partial charge in [-0.1, -0.05) is 20.8 Å². The summed E-state index contributed by atoms with van der Waals surface area (Å²) in [7, 11) is 0. The van der Waals surface area contributed by atoms with Gasteiger partial charge in [-0.2, -0.15) is 0 Å². The molecule has 0 saturated heterocycles. The maximum absolute atomic E-state index is 5.27. The molecule has 0 radical (unpaired) electrons. The van der Waals surface area contributed by atoms with Gasteiger partial charge in [0.25, 0.3) is 0 Å². The number of terminal acetylenes is 1. The Kier molecular flexibility index (Phi) is 3.55. The van der Waals surface area contributed by atoms with Crippen LogP contribution in [0.5, 0.6) is 0 Å². The zero-order valence-electron chi connectivity index (χ0n) is 11.7. The Bertz CT molecular complexity index is 312. The highest BCUT2D eigenvalue weighted by atomic mass is 15.0. The normalized spacial score (nSPS) is 38.2. The number of rotatable bonds is 5. The van der Waals surface area contributed by atoms with Crippen LogP contribution in [0.15, 0.2) is 0 Å². The summed E-state index contributed by atoms with van der Waals surface area (Å²) in [5.74, 6) is 3.66. The monoisotopic (exact) mass is 233 g/mol. The molecule has 0 amide bonds. The summed E-state index contributed by atoms with van der Waals surface area (Å²) in [6.45, 7) is 8.60. The highest BCUT2D eigenvalue weighted by molar-refractivity contribution is 5.12. The van der Waals surface area contributed by atoms with E-state index in [-0.39, 0.29) is 0 Å². The van der Waals surface area contributed by atoms with E-state index in [2.05, 4.69) is 32.0 Å². The fraction of sp³-hybridized carbons (Fsp3) is 0.875. The first-order valence-electron chi connectivity index (χ1n) is 7.19.